The zero-order valence-corrected chi connectivity index (χ0v) is 10.8. The summed E-state index contributed by atoms with van der Waals surface area (Å²) in [5.74, 6) is 0.130. The van der Waals surface area contributed by atoms with Gasteiger partial charge in [0.15, 0.2) is 0 Å². The monoisotopic (exact) mass is 256 g/mol. The number of nitrogens with one attached hydrogen (secondary N) is 1. The number of anilines is 2. The van der Waals surface area contributed by atoms with Crippen LogP contribution in [0.25, 0.3) is 0 Å². The summed E-state index contributed by atoms with van der Waals surface area (Å²) in [6.45, 7) is 2.58. The van der Waals surface area contributed by atoms with Gasteiger partial charge in [-0.05, 0) is 6.42 Å². The number of nitrogens with two attached hydrogens (primary N) is 1. The highest BCUT2D eigenvalue weighted by atomic mass is 16.3. The standard InChI is InChI=1S/C11H20N4O3/c1-3-4-6-15-9(12)8(13-5-7-16)10(17)14(2)11(15)18/h13,16H,3-7,12H2,1-2H3. The predicted octanol–water partition coefficient (Wildman–Crippen LogP) is -0.666. The summed E-state index contributed by atoms with van der Waals surface area (Å²) >= 11 is 0. The number of nitrogens with zero attached hydrogens (tertiary/aromatic N) is 2. The van der Waals surface area contributed by atoms with Crippen LogP contribution in [0, 0.1) is 0 Å². The highest BCUT2D eigenvalue weighted by Gasteiger charge is 2.14. The van der Waals surface area contributed by atoms with E-state index in [9.17, 15) is 9.59 Å². The molecule has 18 heavy (non-hydrogen) atoms. The Kier molecular flexibility index (Phi) is 4.96. The average molecular weight is 256 g/mol. The lowest BCUT2D eigenvalue weighted by Crippen LogP contribution is -2.41. The molecule has 0 bridgehead atoms. The lowest BCUT2D eigenvalue weighted by atomic mass is 10.3. The molecule has 4 N–H and O–H groups in total. The molecule has 0 aromatic carbocycles. The van der Waals surface area contributed by atoms with Crippen LogP contribution in [-0.2, 0) is 13.6 Å². The first-order valence-electron chi connectivity index (χ1n) is 5.98. The van der Waals surface area contributed by atoms with E-state index in [0.717, 1.165) is 17.4 Å². The summed E-state index contributed by atoms with van der Waals surface area (Å²) in [5.41, 5.74) is 5.12. The highest BCUT2D eigenvalue weighted by molar-refractivity contribution is 5.60. The van der Waals surface area contributed by atoms with Gasteiger partial charge in [-0.2, -0.15) is 0 Å². The van der Waals surface area contributed by atoms with Crippen LogP contribution in [0.4, 0.5) is 11.5 Å². The molecule has 1 aromatic rings. The number of hydrogen-bond acceptors (Lipinski definition) is 5. The zero-order valence-electron chi connectivity index (χ0n) is 10.8. The van der Waals surface area contributed by atoms with Crippen molar-refractivity contribution < 1.29 is 5.11 Å². The molecule has 0 spiro atoms. The first-order valence-corrected chi connectivity index (χ1v) is 5.98. The van der Waals surface area contributed by atoms with Crippen molar-refractivity contribution in [1.29, 1.82) is 0 Å². The first-order chi connectivity index (χ1) is 8.54. The number of aromatic nitrogens is 2. The van der Waals surface area contributed by atoms with Gasteiger partial charge in [-0.25, -0.2) is 4.79 Å². The van der Waals surface area contributed by atoms with E-state index in [0.29, 0.717) is 6.54 Å². The minimum atomic E-state index is -0.473. The lowest BCUT2D eigenvalue weighted by Gasteiger charge is -2.15. The topological polar surface area (TPSA) is 102 Å². The third-order valence-electron chi connectivity index (χ3n) is 2.73. The van der Waals surface area contributed by atoms with E-state index < -0.39 is 11.2 Å². The highest BCUT2D eigenvalue weighted by Crippen LogP contribution is 2.10. The van der Waals surface area contributed by atoms with Gasteiger partial charge in [-0.3, -0.25) is 13.9 Å². The van der Waals surface area contributed by atoms with Crippen molar-refractivity contribution in [3.63, 3.8) is 0 Å². The molecule has 0 aliphatic heterocycles. The number of aliphatic hydroxyl groups excluding tert-OH is 1. The molecule has 0 saturated carbocycles. The van der Waals surface area contributed by atoms with Crippen LogP contribution in [0.5, 0.6) is 0 Å². The van der Waals surface area contributed by atoms with Crippen LogP contribution in [0.2, 0.25) is 0 Å². The summed E-state index contributed by atoms with van der Waals surface area (Å²) in [6.07, 6.45) is 1.73. The minimum absolute atomic E-state index is 0.114. The van der Waals surface area contributed by atoms with Gasteiger partial charge in [-0.1, -0.05) is 13.3 Å². The van der Waals surface area contributed by atoms with E-state index >= 15 is 0 Å². The Morgan fingerprint density at radius 3 is 2.61 bits per heavy atom. The van der Waals surface area contributed by atoms with Gasteiger partial charge in [0.05, 0.1) is 6.61 Å². The summed E-state index contributed by atoms with van der Waals surface area (Å²) in [7, 11) is 1.41. The first kappa shape index (κ1) is 14.3. The molecule has 0 amide bonds. The molecule has 1 heterocycles. The van der Waals surface area contributed by atoms with Gasteiger partial charge >= 0.3 is 5.69 Å². The third kappa shape index (κ3) is 2.73. The molecule has 0 aliphatic carbocycles. The largest absolute Gasteiger partial charge is 0.395 e. The Balaban J connectivity index is 3.30. The predicted molar refractivity (Wildman–Crippen MR) is 70.8 cm³/mol. The summed E-state index contributed by atoms with van der Waals surface area (Å²) in [5, 5.41) is 11.5. The van der Waals surface area contributed by atoms with Gasteiger partial charge in [0.25, 0.3) is 5.56 Å². The fraction of sp³-hybridized carbons (Fsp3) is 0.636. The maximum Gasteiger partial charge on any atom is 0.332 e. The molecule has 7 nitrogen and oxygen atoms in total. The second-order valence-electron chi connectivity index (χ2n) is 4.06. The molecule has 0 aliphatic rings. The SMILES string of the molecule is CCCCn1c(N)c(NCCO)c(=O)n(C)c1=O. The molecule has 1 rings (SSSR count). The number of aliphatic hydroxyl groups is 1. The van der Waals surface area contributed by atoms with Gasteiger partial charge in [0.1, 0.15) is 11.5 Å². The number of rotatable bonds is 6. The summed E-state index contributed by atoms with van der Waals surface area (Å²) in [4.78, 5) is 23.8. The van der Waals surface area contributed by atoms with Crippen LogP contribution < -0.4 is 22.3 Å². The average Bonchev–Trinajstić information content (AvgIpc) is 2.36. The van der Waals surface area contributed by atoms with Gasteiger partial charge in [0.2, 0.25) is 0 Å². The Morgan fingerprint density at radius 2 is 2.06 bits per heavy atom. The second kappa shape index (κ2) is 6.25. The lowest BCUT2D eigenvalue weighted by molar-refractivity contribution is 0.311. The van der Waals surface area contributed by atoms with Crippen molar-refractivity contribution >= 4 is 11.5 Å². The fourth-order valence-electron chi connectivity index (χ4n) is 1.66. The Morgan fingerprint density at radius 1 is 1.39 bits per heavy atom. The van der Waals surface area contributed by atoms with Gasteiger partial charge < -0.3 is 16.2 Å². The molecule has 0 unspecified atom stereocenters. The van der Waals surface area contributed by atoms with Gasteiger partial charge in [-0.15, -0.1) is 0 Å². The van der Waals surface area contributed by atoms with Crippen molar-refractivity contribution in [2.45, 2.75) is 26.3 Å². The Labute approximate surface area is 105 Å². The van der Waals surface area contributed by atoms with Crippen LogP contribution >= 0.6 is 0 Å². The minimum Gasteiger partial charge on any atom is -0.395 e. The molecule has 7 heteroatoms. The van der Waals surface area contributed by atoms with Gasteiger partial charge in [0, 0.05) is 20.1 Å². The van der Waals surface area contributed by atoms with Crippen molar-refractivity contribution in [3.05, 3.63) is 20.8 Å². The molecule has 0 saturated heterocycles. The maximum absolute atomic E-state index is 11.9. The summed E-state index contributed by atoms with van der Waals surface area (Å²) < 4.78 is 2.40. The van der Waals surface area contributed by atoms with E-state index in [2.05, 4.69) is 5.32 Å². The van der Waals surface area contributed by atoms with Crippen LogP contribution in [0.1, 0.15) is 19.8 Å². The molecular weight excluding hydrogens is 236 g/mol. The molecular formula is C11H20N4O3. The fourth-order valence-corrected chi connectivity index (χ4v) is 1.66. The number of nitrogen functional groups attached to an aromatic ring is 1. The van der Waals surface area contributed by atoms with Crippen LogP contribution in [0.15, 0.2) is 9.59 Å². The van der Waals surface area contributed by atoms with Crippen molar-refractivity contribution in [3.8, 4) is 0 Å². The van der Waals surface area contributed by atoms with Crippen molar-refractivity contribution in [2.24, 2.45) is 7.05 Å². The molecule has 0 fully saturated rings. The smallest absolute Gasteiger partial charge is 0.332 e. The van der Waals surface area contributed by atoms with Crippen molar-refractivity contribution in [2.75, 3.05) is 24.2 Å². The van der Waals surface area contributed by atoms with Crippen LogP contribution in [0.3, 0.4) is 0 Å². The Hall–Kier alpha value is -1.76. The van der Waals surface area contributed by atoms with E-state index in [-0.39, 0.29) is 24.7 Å². The number of hydrogen-bond donors (Lipinski definition) is 3. The van der Waals surface area contributed by atoms with Crippen LogP contribution in [-0.4, -0.2) is 27.4 Å². The Bertz CT molecular complexity index is 475. The summed E-state index contributed by atoms with van der Waals surface area (Å²) in [6, 6.07) is 0. The van der Waals surface area contributed by atoms with E-state index in [1.54, 1.807) is 0 Å². The third-order valence-corrected chi connectivity index (χ3v) is 2.73. The molecule has 0 radical (unpaired) electrons. The molecule has 102 valence electrons. The van der Waals surface area contributed by atoms with E-state index in [1.165, 1.54) is 11.6 Å². The molecule has 1 aromatic heterocycles. The number of unbranched alkanes of at least 4 members (excludes halogenated alkanes) is 1. The molecule has 0 atom stereocenters. The van der Waals surface area contributed by atoms with E-state index in [4.69, 9.17) is 10.8 Å². The van der Waals surface area contributed by atoms with Crippen molar-refractivity contribution in [1.82, 2.24) is 9.13 Å². The second-order valence-corrected chi connectivity index (χ2v) is 4.06. The maximum atomic E-state index is 11.9. The van der Waals surface area contributed by atoms with E-state index in [1.807, 2.05) is 6.92 Å². The quantitative estimate of drug-likeness (QED) is 0.626. The normalized spacial score (nSPS) is 10.6. The zero-order chi connectivity index (χ0) is 13.7.